The number of aryl methyl sites for hydroxylation is 1. The van der Waals surface area contributed by atoms with E-state index < -0.39 is 30.4 Å². The van der Waals surface area contributed by atoms with Gasteiger partial charge in [-0.25, -0.2) is 0 Å². The first-order valence-electron chi connectivity index (χ1n) is 11.5. The number of fused-ring (bicyclic) bond motifs is 1. The van der Waals surface area contributed by atoms with Crippen LogP contribution in [0, 0.1) is 0 Å². The fraction of sp³-hybridized carbons (Fsp3) is 0.522. The zero-order valence-corrected chi connectivity index (χ0v) is 19.1. The second kappa shape index (κ2) is 11.5. The van der Waals surface area contributed by atoms with Crippen LogP contribution in [-0.2, 0) is 25.6 Å². The van der Waals surface area contributed by atoms with Crippen LogP contribution in [-0.4, -0.2) is 82.3 Å². The maximum Gasteiger partial charge on any atom is 0.305 e. The Hall–Kier alpha value is -3.63. The van der Waals surface area contributed by atoms with E-state index in [1.54, 1.807) is 0 Å². The molecule has 0 radical (unpaired) electrons. The van der Waals surface area contributed by atoms with Crippen LogP contribution in [0.1, 0.15) is 37.7 Å². The zero-order chi connectivity index (χ0) is 24.7. The van der Waals surface area contributed by atoms with E-state index in [0.29, 0.717) is 38.8 Å². The van der Waals surface area contributed by atoms with Crippen molar-refractivity contribution < 1.29 is 24.3 Å². The van der Waals surface area contributed by atoms with Crippen LogP contribution >= 0.6 is 0 Å². The van der Waals surface area contributed by atoms with Gasteiger partial charge in [0, 0.05) is 26.1 Å². The molecule has 0 spiro atoms. The number of amides is 3. The van der Waals surface area contributed by atoms with Gasteiger partial charge in [0.2, 0.25) is 17.7 Å². The predicted molar refractivity (Wildman–Crippen MR) is 124 cm³/mol. The summed E-state index contributed by atoms with van der Waals surface area (Å²) >= 11 is 0. The van der Waals surface area contributed by atoms with E-state index in [1.165, 1.54) is 9.80 Å². The molecule has 0 bridgehead atoms. The molecule has 2 aliphatic rings. The Morgan fingerprint density at radius 3 is 2.56 bits per heavy atom. The molecular formula is C23H32N6O5. The van der Waals surface area contributed by atoms with Crippen LogP contribution < -0.4 is 16.8 Å². The molecule has 3 atom stereocenters. The van der Waals surface area contributed by atoms with Gasteiger partial charge in [0.05, 0.1) is 12.5 Å². The van der Waals surface area contributed by atoms with E-state index in [1.807, 2.05) is 30.3 Å². The molecule has 34 heavy (non-hydrogen) atoms. The third kappa shape index (κ3) is 6.24. The van der Waals surface area contributed by atoms with Crippen molar-refractivity contribution in [1.29, 1.82) is 0 Å². The third-order valence-electron chi connectivity index (χ3n) is 6.22. The number of aliphatic carboxylic acids is 1. The topological polar surface area (TPSA) is 171 Å². The van der Waals surface area contributed by atoms with Gasteiger partial charge in [0.15, 0.2) is 5.96 Å². The molecule has 0 aromatic heterocycles. The Bertz CT molecular complexity index is 933. The molecular weight excluding hydrogens is 440 g/mol. The van der Waals surface area contributed by atoms with Crippen LogP contribution in [0.3, 0.4) is 0 Å². The van der Waals surface area contributed by atoms with Crippen LogP contribution in [0.25, 0.3) is 0 Å². The highest BCUT2D eigenvalue weighted by Gasteiger charge is 2.50. The van der Waals surface area contributed by atoms with Gasteiger partial charge in [-0.1, -0.05) is 30.3 Å². The first-order valence-corrected chi connectivity index (χ1v) is 11.5. The summed E-state index contributed by atoms with van der Waals surface area (Å²) in [6, 6.07) is 7.40. The van der Waals surface area contributed by atoms with Crippen molar-refractivity contribution in [2.45, 2.75) is 56.7 Å². The SMILES string of the molecule is NC(N)=NCCCNC(=O)C1CC[C@H]2CN(C(=O)CCc3ccccc3)C(CC(=O)O)C(=O)N12. The van der Waals surface area contributed by atoms with Crippen molar-refractivity contribution in [3.05, 3.63) is 35.9 Å². The van der Waals surface area contributed by atoms with Gasteiger partial charge >= 0.3 is 5.97 Å². The lowest BCUT2D eigenvalue weighted by atomic mass is 10.0. The Morgan fingerprint density at radius 1 is 1.15 bits per heavy atom. The fourth-order valence-electron chi connectivity index (χ4n) is 4.61. The Balaban J connectivity index is 1.65. The predicted octanol–water partition coefficient (Wildman–Crippen LogP) is -0.556. The molecule has 2 unspecified atom stereocenters. The maximum absolute atomic E-state index is 13.3. The molecule has 0 aliphatic carbocycles. The molecule has 2 heterocycles. The number of carbonyl (C=O) groups is 4. The average Bonchev–Trinajstić information content (AvgIpc) is 3.23. The molecule has 11 nitrogen and oxygen atoms in total. The minimum Gasteiger partial charge on any atom is -0.481 e. The first kappa shape index (κ1) is 25.0. The highest BCUT2D eigenvalue weighted by molar-refractivity contribution is 5.95. The number of benzene rings is 1. The second-order valence-electron chi connectivity index (χ2n) is 8.59. The summed E-state index contributed by atoms with van der Waals surface area (Å²) < 4.78 is 0. The van der Waals surface area contributed by atoms with E-state index in [2.05, 4.69) is 10.3 Å². The fourth-order valence-corrected chi connectivity index (χ4v) is 4.61. The third-order valence-corrected chi connectivity index (χ3v) is 6.22. The van der Waals surface area contributed by atoms with Crippen molar-refractivity contribution in [1.82, 2.24) is 15.1 Å². The highest BCUT2D eigenvalue weighted by atomic mass is 16.4. The molecule has 2 saturated heterocycles. The lowest BCUT2D eigenvalue weighted by molar-refractivity contribution is -0.160. The van der Waals surface area contributed by atoms with E-state index in [9.17, 15) is 24.3 Å². The van der Waals surface area contributed by atoms with Crippen molar-refractivity contribution in [2.24, 2.45) is 16.5 Å². The quantitative estimate of drug-likeness (QED) is 0.201. The molecule has 2 fully saturated rings. The van der Waals surface area contributed by atoms with Gasteiger partial charge in [-0.3, -0.25) is 24.2 Å². The second-order valence-corrected chi connectivity index (χ2v) is 8.59. The van der Waals surface area contributed by atoms with Crippen LogP contribution in [0.15, 0.2) is 35.3 Å². The molecule has 11 heteroatoms. The molecule has 1 aromatic rings. The van der Waals surface area contributed by atoms with Crippen LogP contribution in [0.2, 0.25) is 0 Å². The Morgan fingerprint density at radius 2 is 1.88 bits per heavy atom. The minimum atomic E-state index is -1.17. The largest absolute Gasteiger partial charge is 0.481 e. The van der Waals surface area contributed by atoms with Gasteiger partial charge in [-0.2, -0.15) is 0 Å². The number of nitrogens with zero attached hydrogens (tertiary/aromatic N) is 3. The minimum absolute atomic E-state index is 0.0174. The van der Waals surface area contributed by atoms with Crippen molar-refractivity contribution >= 4 is 29.7 Å². The summed E-state index contributed by atoms with van der Waals surface area (Å²) in [5, 5.41) is 12.2. The molecule has 6 N–H and O–H groups in total. The average molecular weight is 473 g/mol. The number of nitrogens with one attached hydrogen (secondary N) is 1. The summed E-state index contributed by atoms with van der Waals surface area (Å²) in [6.45, 7) is 0.951. The standard InChI is InChI=1S/C23H32N6O5/c24-23(25)27-12-4-11-26-21(33)17-9-8-16-14-28(18(13-20(31)32)22(34)29(16)17)19(30)10-7-15-5-2-1-3-6-15/h1-3,5-6,16-18H,4,7-14H2,(H,26,33)(H,31,32)(H4,24,25,27)/t16-,17?,18?/m0/s1. The molecule has 2 aliphatic heterocycles. The van der Waals surface area contributed by atoms with Gasteiger partial charge < -0.3 is 31.7 Å². The van der Waals surface area contributed by atoms with Crippen molar-refractivity contribution in [2.75, 3.05) is 19.6 Å². The number of carbonyl (C=O) groups excluding carboxylic acids is 3. The molecule has 1 aromatic carbocycles. The monoisotopic (exact) mass is 472 g/mol. The van der Waals surface area contributed by atoms with E-state index in [-0.39, 0.29) is 36.8 Å². The number of hydrogen-bond acceptors (Lipinski definition) is 5. The van der Waals surface area contributed by atoms with Gasteiger partial charge in [-0.15, -0.1) is 0 Å². The number of carboxylic acids is 1. The lowest BCUT2D eigenvalue weighted by Crippen LogP contribution is -2.64. The summed E-state index contributed by atoms with van der Waals surface area (Å²) in [4.78, 5) is 57.4. The summed E-state index contributed by atoms with van der Waals surface area (Å²) in [7, 11) is 0. The normalized spacial score (nSPS) is 21.6. The molecule has 3 amide bonds. The molecule has 0 saturated carbocycles. The Labute approximate surface area is 198 Å². The lowest BCUT2D eigenvalue weighted by Gasteiger charge is -2.44. The highest BCUT2D eigenvalue weighted by Crippen LogP contribution is 2.32. The maximum atomic E-state index is 13.3. The first-order chi connectivity index (χ1) is 16.3. The van der Waals surface area contributed by atoms with Crippen LogP contribution in [0.4, 0.5) is 0 Å². The molecule has 3 rings (SSSR count). The molecule has 184 valence electrons. The van der Waals surface area contributed by atoms with Crippen LogP contribution in [0.5, 0.6) is 0 Å². The zero-order valence-electron chi connectivity index (χ0n) is 19.1. The number of guanidine groups is 1. The summed E-state index contributed by atoms with van der Waals surface area (Å²) in [6.07, 6.45) is 1.76. The van der Waals surface area contributed by atoms with Gasteiger partial charge in [-0.05, 0) is 31.2 Å². The number of rotatable bonds is 10. The Kier molecular flexibility index (Phi) is 8.44. The van der Waals surface area contributed by atoms with Gasteiger partial charge in [0.1, 0.15) is 12.1 Å². The number of piperazine rings is 1. The number of nitrogens with two attached hydrogens (primary N) is 2. The van der Waals surface area contributed by atoms with Gasteiger partial charge in [0.25, 0.3) is 0 Å². The number of carboxylic acid groups (broad SMARTS) is 1. The van der Waals surface area contributed by atoms with E-state index in [0.717, 1.165) is 5.56 Å². The van der Waals surface area contributed by atoms with E-state index in [4.69, 9.17) is 11.5 Å². The van der Waals surface area contributed by atoms with Crippen molar-refractivity contribution in [3.63, 3.8) is 0 Å². The number of hydrogen-bond donors (Lipinski definition) is 4. The summed E-state index contributed by atoms with van der Waals surface area (Å²) in [5.41, 5.74) is 11.5. The van der Waals surface area contributed by atoms with E-state index >= 15 is 0 Å². The smallest absolute Gasteiger partial charge is 0.305 e. The summed E-state index contributed by atoms with van der Waals surface area (Å²) in [5.74, 6) is -2.21. The van der Waals surface area contributed by atoms with Crippen molar-refractivity contribution in [3.8, 4) is 0 Å². The number of aliphatic imine (C=N–C) groups is 1.